The molecule has 0 aliphatic heterocycles. The van der Waals surface area contributed by atoms with Crippen LogP contribution in [0.1, 0.15) is 6.42 Å². The average molecular weight is 411 g/mol. The summed E-state index contributed by atoms with van der Waals surface area (Å²) in [7, 11) is 3.38. The Kier molecular flexibility index (Phi) is 12.0. The SMILES string of the molecule is CN=C(NCCCOc1ccc(F)cc1)NCCOC.I. The van der Waals surface area contributed by atoms with E-state index in [1.54, 1.807) is 26.3 Å². The van der Waals surface area contributed by atoms with Crippen LogP contribution in [-0.4, -0.2) is 46.4 Å². The van der Waals surface area contributed by atoms with Crippen LogP contribution in [0.2, 0.25) is 0 Å². The fraction of sp³-hybridized carbons (Fsp3) is 0.500. The van der Waals surface area contributed by atoms with E-state index in [1.807, 2.05) is 0 Å². The second-order valence-electron chi connectivity index (χ2n) is 4.07. The van der Waals surface area contributed by atoms with Gasteiger partial charge in [-0.1, -0.05) is 0 Å². The van der Waals surface area contributed by atoms with Crippen LogP contribution in [-0.2, 0) is 4.74 Å². The molecular formula is C14H23FIN3O2. The molecule has 1 aromatic rings. The lowest BCUT2D eigenvalue weighted by atomic mass is 10.3. The minimum absolute atomic E-state index is 0. The molecule has 0 amide bonds. The highest BCUT2D eigenvalue weighted by molar-refractivity contribution is 14.0. The third kappa shape index (κ3) is 9.46. The molecular weight excluding hydrogens is 388 g/mol. The lowest BCUT2D eigenvalue weighted by Crippen LogP contribution is -2.39. The third-order valence-corrected chi connectivity index (χ3v) is 2.52. The normalized spacial score (nSPS) is 10.7. The number of nitrogens with zero attached hydrogens (tertiary/aromatic N) is 1. The van der Waals surface area contributed by atoms with Crippen molar-refractivity contribution < 1.29 is 13.9 Å². The van der Waals surface area contributed by atoms with Crippen molar-refractivity contribution in [3.8, 4) is 5.75 Å². The molecule has 0 heterocycles. The fourth-order valence-corrected chi connectivity index (χ4v) is 1.49. The Morgan fingerprint density at radius 2 is 1.81 bits per heavy atom. The van der Waals surface area contributed by atoms with E-state index in [0.717, 1.165) is 18.9 Å². The van der Waals surface area contributed by atoms with Gasteiger partial charge in [-0.15, -0.1) is 24.0 Å². The Labute approximate surface area is 142 Å². The zero-order valence-electron chi connectivity index (χ0n) is 12.4. The Hall–Kier alpha value is -1.09. The molecule has 0 spiro atoms. The van der Waals surface area contributed by atoms with Gasteiger partial charge in [0.2, 0.25) is 0 Å². The summed E-state index contributed by atoms with van der Waals surface area (Å²) in [5.74, 6) is 1.16. The Balaban J connectivity index is 0.00000400. The Morgan fingerprint density at radius 3 is 2.43 bits per heavy atom. The first-order valence-electron chi connectivity index (χ1n) is 6.58. The lowest BCUT2D eigenvalue weighted by molar-refractivity contribution is 0.203. The molecule has 7 heteroatoms. The Morgan fingerprint density at radius 1 is 1.14 bits per heavy atom. The summed E-state index contributed by atoms with van der Waals surface area (Å²) in [6.45, 7) is 2.65. The molecule has 1 aromatic carbocycles. The molecule has 0 fully saturated rings. The number of hydrogen-bond acceptors (Lipinski definition) is 3. The molecule has 0 aliphatic rings. The first kappa shape index (κ1) is 19.9. The second-order valence-corrected chi connectivity index (χ2v) is 4.07. The van der Waals surface area contributed by atoms with E-state index in [2.05, 4.69) is 15.6 Å². The minimum Gasteiger partial charge on any atom is -0.494 e. The number of benzene rings is 1. The highest BCUT2D eigenvalue weighted by Gasteiger charge is 1.97. The summed E-state index contributed by atoms with van der Waals surface area (Å²) in [5.41, 5.74) is 0. The van der Waals surface area contributed by atoms with Crippen LogP contribution in [0.25, 0.3) is 0 Å². The van der Waals surface area contributed by atoms with E-state index in [1.165, 1.54) is 12.1 Å². The summed E-state index contributed by atoms with van der Waals surface area (Å²) >= 11 is 0. The van der Waals surface area contributed by atoms with Crippen molar-refractivity contribution >= 4 is 29.9 Å². The molecule has 1 rings (SSSR count). The number of hydrogen-bond donors (Lipinski definition) is 2. The van der Waals surface area contributed by atoms with E-state index in [-0.39, 0.29) is 29.8 Å². The maximum absolute atomic E-state index is 12.7. The molecule has 0 bridgehead atoms. The monoisotopic (exact) mass is 411 g/mol. The fourth-order valence-electron chi connectivity index (χ4n) is 1.49. The molecule has 0 saturated carbocycles. The molecule has 0 unspecified atom stereocenters. The highest BCUT2D eigenvalue weighted by atomic mass is 127. The standard InChI is InChI=1S/C14H22FN3O2.HI/c1-16-14(18-9-11-19-2)17-8-3-10-20-13-6-4-12(15)5-7-13;/h4-7H,3,8-11H2,1-2H3,(H2,16,17,18);1H. The number of guanidine groups is 1. The van der Waals surface area contributed by atoms with Gasteiger partial charge >= 0.3 is 0 Å². The van der Waals surface area contributed by atoms with Gasteiger partial charge in [0.05, 0.1) is 13.2 Å². The number of nitrogens with one attached hydrogen (secondary N) is 2. The van der Waals surface area contributed by atoms with Crippen LogP contribution >= 0.6 is 24.0 Å². The van der Waals surface area contributed by atoms with Gasteiger partial charge in [-0.3, -0.25) is 4.99 Å². The molecule has 0 aromatic heterocycles. The number of halogens is 2. The van der Waals surface area contributed by atoms with Gasteiger partial charge in [0.15, 0.2) is 5.96 Å². The molecule has 0 atom stereocenters. The summed E-state index contributed by atoms with van der Waals surface area (Å²) in [4.78, 5) is 4.08. The smallest absolute Gasteiger partial charge is 0.191 e. The highest BCUT2D eigenvalue weighted by Crippen LogP contribution is 2.10. The summed E-state index contributed by atoms with van der Waals surface area (Å²) in [5, 5.41) is 6.28. The van der Waals surface area contributed by atoms with E-state index in [4.69, 9.17) is 9.47 Å². The second kappa shape index (κ2) is 12.6. The predicted molar refractivity (Wildman–Crippen MR) is 93.2 cm³/mol. The van der Waals surface area contributed by atoms with E-state index in [0.29, 0.717) is 25.5 Å². The first-order chi connectivity index (χ1) is 9.76. The van der Waals surface area contributed by atoms with Crippen molar-refractivity contribution in [2.45, 2.75) is 6.42 Å². The lowest BCUT2D eigenvalue weighted by Gasteiger charge is -2.11. The van der Waals surface area contributed by atoms with Gasteiger partial charge in [-0.25, -0.2) is 4.39 Å². The number of aliphatic imine (C=N–C) groups is 1. The number of methoxy groups -OCH3 is 1. The van der Waals surface area contributed by atoms with Crippen LogP contribution < -0.4 is 15.4 Å². The van der Waals surface area contributed by atoms with Crippen molar-refractivity contribution in [1.82, 2.24) is 10.6 Å². The minimum atomic E-state index is -0.259. The van der Waals surface area contributed by atoms with Gasteiger partial charge in [0.25, 0.3) is 0 Å². The van der Waals surface area contributed by atoms with E-state index >= 15 is 0 Å². The van der Waals surface area contributed by atoms with Gasteiger partial charge in [-0.2, -0.15) is 0 Å². The largest absolute Gasteiger partial charge is 0.494 e. The van der Waals surface area contributed by atoms with Crippen LogP contribution in [0.15, 0.2) is 29.3 Å². The molecule has 21 heavy (non-hydrogen) atoms. The molecule has 2 N–H and O–H groups in total. The van der Waals surface area contributed by atoms with Crippen LogP contribution in [0.5, 0.6) is 5.75 Å². The van der Waals surface area contributed by atoms with Crippen molar-refractivity contribution in [2.75, 3.05) is 40.5 Å². The third-order valence-electron chi connectivity index (χ3n) is 2.52. The zero-order valence-corrected chi connectivity index (χ0v) is 14.7. The zero-order chi connectivity index (χ0) is 14.6. The van der Waals surface area contributed by atoms with Gasteiger partial charge < -0.3 is 20.1 Å². The molecule has 5 nitrogen and oxygen atoms in total. The molecule has 0 radical (unpaired) electrons. The molecule has 120 valence electrons. The van der Waals surface area contributed by atoms with Crippen molar-refractivity contribution in [2.24, 2.45) is 4.99 Å². The molecule has 0 saturated heterocycles. The van der Waals surface area contributed by atoms with E-state index < -0.39 is 0 Å². The Bertz CT molecular complexity index is 402. The topological polar surface area (TPSA) is 54.9 Å². The van der Waals surface area contributed by atoms with Crippen molar-refractivity contribution in [3.63, 3.8) is 0 Å². The first-order valence-corrected chi connectivity index (χ1v) is 6.58. The van der Waals surface area contributed by atoms with Crippen LogP contribution in [0, 0.1) is 5.82 Å². The van der Waals surface area contributed by atoms with Gasteiger partial charge in [0, 0.05) is 27.2 Å². The van der Waals surface area contributed by atoms with Crippen molar-refractivity contribution in [3.05, 3.63) is 30.1 Å². The van der Waals surface area contributed by atoms with Gasteiger partial charge in [-0.05, 0) is 30.7 Å². The van der Waals surface area contributed by atoms with Crippen LogP contribution in [0.4, 0.5) is 4.39 Å². The van der Waals surface area contributed by atoms with Gasteiger partial charge in [0.1, 0.15) is 11.6 Å². The summed E-state index contributed by atoms with van der Waals surface area (Å²) in [6, 6.07) is 6.01. The molecule has 0 aliphatic carbocycles. The summed E-state index contributed by atoms with van der Waals surface area (Å²) in [6.07, 6.45) is 0.822. The predicted octanol–water partition coefficient (Wildman–Crippen LogP) is 2.02. The van der Waals surface area contributed by atoms with Crippen LogP contribution in [0.3, 0.4) is 0 Å². The maximum Gasteiger partial charge on any atom is 0.191 e. The summed E-state index contributed by atoms with van der Waals surface area (Å²) < 4.78 is 23.1. The maximum atomic E-state index is 12.7. The van der Waals surface area contributed by atoms with E-state index in [9.17, 15) is 4.39 Å². The average Bonchev–Trinajstić information content (AvgIpc) is 2.47. The number of ether oxygens (including phenoxy) is 2. The van der Waals surface area contributed by atoms with Crippen molar-refractivity contribution in [1.29, 1.82) is 0 Å². The number of rotatable bonds is 8. The quantitative estimate of drug-likeness (QED) is 0.298.